The Hall–Kier alpha value is 0.320. The molecule has 0 nitrogen and oxygen atoms in total. The molecule has 0 N–H and O–H groups in total. The van der Waals surface area contributed by atoms with Gasteiger partial charge in [-0.25, -0.2) is 0 Å². The smallest absolute Gasteiger partial charge is 0.103 e. The molecule has 0 aromatic heterocycles. The number of alkyl halides is 2. The van der Waals surface area contributed by atoms with E-state index in [0.717, 1.165) is 6.42 Å². The van der Waals surface area contributed by atoms with Gasteiger partial charge < -0.3 is 0 Å². The van der Waals surface area contributed by atoms with E-state index in [1.165, 1.54) is 25.7 Å². The Kier molecular flexibility index (Phi) is 3.12. The van der Waals surface area contributed by atoms with Gasteiger partial charge in [0.2, 0.25) is 0 Å². The van der Waals surface area contributed by atoms with Gasteiger partial charge in [0, 0.05) is 11.3 Å². The summed E-state index contributed by atoms with van der Waals surface area (Å²) in [7, 11) is 0. The molecule has 1 radical (unpaired) electrons. The lowest BCUT2D eigenvalue weighted by atomic mass is 9.75. The Bertz CT molecular complexity index is 259. The maximum absolute atomic E-state index is 6.49. The molecule has 2 fully saturated rings. The topological polar surface area (TPSA) is 0 Å². The van der Waals surface area contributed by atoms with Gasteiger partial charge >= 0.3 is 0 Å². The molecule has 2 saturated carbocycles. The second-order valence-corrected chi connectivity index (χ2v) is 6.29. The fourth-order valence-electron chi connectivity index (χ4n) is 3.63. The van der Waals surface area contributed by atoms with Gasteiger partial charge in [0.25, 0.3) is 0 Å². The van der Waals surface area contributed by atoms with Crippen LogP contribution in [0.3, 0.4) is 0 Å². The summed E-state index contributed by atoms with van der Waals surface area (Å²) in [4.78, 5) is 0. The van der Waals surface area contributed by atoms with Crippen molar-refractivity contribution in [2.45, 2.75) is 43.4 Å². The molecular weight excluding hydrogens is 227 g/mol. The first kappa shape index (κ1) is 11.8. The van der Waals surface area contributed by atoms with E-state index in [1.807, 2.05) is 6.08 Å². The molecule has 85 valence electrons. The molecule has 0 bridgehead atoms. The Morgan fingerprint density at radius 2 is 2.20 bits per heavy atom. The van der Waals surface area contributed by atoms with Gasteiger partial charge in [-0.15, -0.1) is 29.8 Å². The minimum Gasteiger partial charge on any atom is -0.103 e. The Morgan fingerprint density at radius 3 is 2.73 bits per heavy atom. The second kappa shape index (κ2) is 3.96. The van der Waals surface area contributed by atoms with Crippen LogP contribution in [-0.2, 0) is 0 Å². The van der Waals surface area contributed by atoms with Gasteiger partial charge in [-0.1, -0.05) is 32.3 Å². The molecule has 0 amide bonds. The summed E-state index contributed by atoms with van der Waals surface area (Å²) >= 11 is 13.0. The third-order valence-corrected chi connectivity index (χ3v) is 5.63. The fraction of sp³-hybridized carbons (Fsp3) is 0.769. The second-order valence-electron chi connectivity index (χ2n) is 4.90. The molecule has 0 aliphatic heterocycles. The van der Waals surface area contributed by atoms with Crippen LogP contribution in [0.1, 0.15) is 39.0 Å². The first-order valence-electron chi connectivity index (χ1n) is 5.95. The molecule has 0 aromatic carbocycles. The number of halogens is 2. The van der Waals surface area contributed by atoms with Crippen LogP contribution in [-0.4, -0.2) is 4.33 Å². The highest BCUT2D eigenvalue weighted by molar-refractivity contribution is 6.52. The van der Waals surface area contributed by atoms with Crippen molar-refractivity contribution in [2.24, 2.45) is 17.3 Å². The van der Waals surface area contributed by atoms with E-state index in [9.17, 15) is 0 Å². The lowest BCUT2D eigenvalue weighted by Crippen LogP contribution is -2.23. The number of fused-ring (bicyclic) bond motifs is 1. The summed E-state index contributed by atoms with van der Waals surface area (Å²) in [5.74, 6) is 1.03. The first-order valence-corrected chi connectivity index (χ1v) is 6.70. The van der Waals surface area contributed by atoms with E-state index in [2.05, 4.69) is 19.9 Å². The summed E-state index contributed by atoms with van der Waals surface area (Å²) in [6.45, 7) is 6.01. The van der Waals surface area contributed by atoms with Crippen molar-refractivity contribution in [2.75, 3.05) is 0 Å². The molecule has 15 heavy (non-hydrogen) atoms. The van der Waals surface area contributed by atoms with Crippen LogP contribution in [0.2, 0.25) is 0 Å². The van der Waals surface area contributed by atoms with Crippen molar-refractivity contribution in [3.05, 3.63) is 19.1 Å². The highest BCUT2D eigenvalue weighted by Crippen LogP contribution is 2.78. The van der Waals surface area contributed by atoms with Gasteiger partial charge in [0.05, 0.1) is 0 Å². The van der Waals surface area contributed by atoms with Gasteiger partial charge in [0.15, 0.2) is 0 Å². The van der Waals surface area contributed by atoms with Crippen LogP contribution in [0.4, 0.5) is 0 Å². The highest BCUT2D eigenvalue weighted by atomic mass is 35.5. The van der Waals surface area contributed by atoms with Crippen molar-refractivity contribution >= 4 is 23.2 Å². The molecule has 3 unspecified atom stereocenters. The molecule has 0 spiro atoms. The monoisotopic (exact) mass is 245 g/mol. The molecule has 0 heterocycles. The zero-order chi connectivity index (χ0) is 11.1. The van der Waals surface area contributed by atoms with Crippen molar-refractivity contribution in [3.63, 3.8) is 0 Å². The number of rotatable bonds is 4. The average Bonchev–Trinajstić information content (AvgIpc) is 2.74. The van der Waals surface area contributed by atoms with E-state index in [-0.39, 0.29) is 5.41 Å². The van der Waals surface area contributed by atoms with E-state index in [4.69, 9.17) is 23.2 Å². The summed E-state index contributed by atoms with van der Waals surface area (Å²) in [5, 5.41) is 0. The Morgan fingerprint density at radius 1 is 1.47 bits per heavy atom. The number of hydrogen-bond donors (Lipinski definition) is 0. The van der Waals surface area contributed by atoms with E-state index >= 15 is 0 Å². The Labute approximate surface area is 103 Å². The maximum atomic E-state index is 6.49. The lowest BCUT2D eigenvalue weighted by Gasteiger charge is -2.29. The zero-order valence-electron chi connectivity index (χ0n) is 9.31. The molecule has 2 rings (SSSR count). The summed E-state index contributed by atoms with van der Waals surface area (Å²) in [5.41, 5.74) is 0.164. The van der Waals surface area contributed by atoms with Crippen LogP contribution in [0, 0.1) is 23.7 Å². The fourth-order valence-corrected chi connectivity index (χ4v) is 4.86. The molecular formula is C13H19Cl2. The molecule has 0 saturated heterocycles. The largest absolute Gasteiger partial charge is 0.128 e. The van der Waals surface area contributed by atoms with E-state index in [1.54, 1.807) is 0 Å². The average molecular weight is 246 g/mol. The summed E-state index contributed by atoms with van der Waals surface area (Å²) in [6, 6.07) is 0. The molecule has 2 aliphatic carbocycles. The lowest BCUT2D eigenvalue weighted by molar-refractivity contribution is 0.243. The zero-order valence-corrected chi connectivity index (χ0v) is 10.8. The SMILES string of the molecule is C=C[CH]C(CC)C12CCCCC1C2(Cl)Cl. The summed E-state index contributed by atoms with van der Waals surface area (Å²) in [6.07, 6.45) is 10.2. The van der Waals surface area contributed by atoms with Crippen molar-refractivity contribution in [3.8, 4) is 0 Å². The van der Waals surface area contributed by atoms with E-state index < -0.39 is 4.33 Å². The molecule has 2 heteroatoms. The maximum Gasteiger partial charge on any atom is 0.128 e. The minimum absolute atomic E-state index is 0.164. The van der Waals surface area contributed by atoms with Crippen LogP contribution in [0.5, 0.6) is 0 Å². The van der Waals surface area contributed by atoms with Crippen molar-refractivity contribution in [1.29, 1.82) is 0 Å². The van der Waals surface area contributed by atoms with Gasteiger partial charge in [-0.2, -0.15) is 0 Å². The minimum atomic E-state index is -0.469. The van der Waals surface area contributed by atoms with E-state index in [0.29, 0.717) is 11.8 Å². The van der Waals surface area contributed by atoms with Crippen LogP contribution >= 0.6 is 23.2 Å². The third-order valence-electron chi connectivity index (χ3n) is 4.40. The van der Waals surface area contributed by atoms with Crippen molar-refractivity contribution < 1.29 is 0 Å². The third kappa shape index (κ3) is 1.48. The first-order chi connectivity index (χ1) is 7.11. The standard InChI is InChI=1S/C13H19Cl2/c1-3-7-10(4-2)12-9-6-5-8-11(12)13(12,14)15/h3,7,10-11H,1,4-6,8-9H2,2H3. The van der Waals surface area contributed by atoms with Crippen molar-refractivity contribution in [1.82, 2.24) is 0 Å². The normalized spacial score (nSPS) is 39.3. The predicted octanol–water partition coefficient (Wildman–Crippen LogP) is 4.77. The van der Waals surface area contributed by atoms with Gasteiger partial charge in [-0.3, -0.25) is 0 Å². The number of allylic oxidation sites excluding steroid dienone is 1. The molecule has 0 aromatic rings. The predicted molar refractivity (Wildman–Crippen MR) is 67.1 cm³/mol. The highest BCUT2D eigenvalue weighted by Gasteiger charge is 2.77. The molecule has 2 aliphatic rings. The Balaban J connectivity index is 2.20. The number of hydrogen-bond acceptors (Lipinski definition) is 0. The van der Waals surface area contributed by atoms with Gasteiger partial charge in [-0.05, 0) is 25.2 Å². The quantitative estimate of drug-likeness (QED) is 0.627. The van der Waals surface area contributed by atoms with Crippen LogP contribution in [0.15, 0.2) is 12.7 Å². The van der Waals surface area contributed by atoms with Crippen LogP contribution < -0.4 is 0 Å². The van der Waals surface area contributed by atoms with Crippen LogP contribution in [0.25, 0.3) is 0 Å². The molecule has 3 atom stereocenters. The van der Waals surface area contributed by atoms with Gasteiger partial charge in [0.1, 0.15) is 4.33 Å². The summed E-state index contributed by atoms with van der Waals surface area (Å²) < 4.78 is -0.469.